The topological polar surface area (TPSA) is 87.5 Å². The van der Waals surface area contributed by atoms with Crippen LogP contribution >= 0.6 is 24.8 Å². The molecule has 0 saturated heterocycles. The summed E-state index contributed by atoms with van der Waals surface area (Å²) in [5.74, 6) is -0.328. The van der Waals surface area contributed by atoms with Gasteiger partial charge in [-0.1, -0.05) is 30.3 Å². The molecule has 0 radical (unpaired) electrons. The molecule has 2 aromatic rings. The summed E-state index contributed by atoms with van der Waals surface area (Å²) in [5, 5.41) is 5.60. The largest absolute Gasteiger partial charge is 0.326 e. The molecule has 0 fully saturated rings. The first-order valence-corrected chi connectivity index (χ1v) is 8.12. The normalized spacial score (nSPS) is 11.0. The maximum atomic E-state index is 12.2. The van der Waals surface area contributed by atoms with Crippen LogP contribution in [-0.4, -0.2) is 37.4 Å². The van der Waals surface area contributed by atoms with Crippen LogP contribution in [0.2, 0.25) is 0 Å². The maximum Gasteiger partial charge on any atom is 0.245 e. The Morgan fingerprint density at radius 3 is 1.96 bits per heavy atom. The van der Waals surface area contributed by atoms with E-state index in [-0.39, 0.29) is 36.6 Å². The number of nitrogens with one attached hydrogen (secondary N) is 2. The van der Waals surface area contributed by atoms with Gasteiger partial charge in [0, 0.05) is 24.3 Å². The summed E-state index contributed by atoms with van der Waals surface area (Å²) in [6.45, 7) is 0.692. The van der Waals surface area contributed by atoms with Crippen molar-refractivity contribution in [3.8, 4) is 0 Å². The highest BCUT2D eigenvalue weighted by Crippen LogP contribution is 2.16. The number of benzene rings is 2. The van der Waals surface area contributed by atoms with Crippen LogP contribution in [-0.2, 0) is 9.59 Å². The zero-order valence-corrected chi connectivity index (χ0v) is 17.0. The van der Waals surface area contributed by atoms with E-state index < -0.39 is 6.04 Å². The molecule has 0 aromatic heterocycles. The molecule has 6 nitrogen and oxygen atoms in total. The molecule has 2 amide bonds. The summed E-state index contributed by atoms with van der Waals surface area (Å²) < 4.78 is 0. The van der Waals surface area contributed by atoms with E-state index in [1.165, 1.54) is 0 Å². The van der Waals surface area contributed by atoms with Gasteiger partial charge in [0.05, 0.1) is 0 Å². The van der Waals surface area contributed by atoms with Crippen LogP contribution in [0.1, 0.15) is 18.0 Å². The Labute approximate surface area is 172 Å². The van der Waals surface area contributed by atoms with Crippen molar-refractivity contribution >= 4 is 48.0 Å². The fourth-order valence-electron chi connectivity index (χ4n) is 2.22. The Morgan fingerprint density at radius 2 is 1.44 bits per heavy atom. The average Bonchev–Trinajstić information content (AvgIpc) is 2.61. The van der Waals surface area contributed by atoms with E-state index in [0.717, 1.165) is 5.56 Å². The van der Waals surface area contributed by atoms with Crippen molar-refractivity contribution in [2.24, 2.45) is 5.73 Å². The first-order chi connectivity index (χ1) is 12.0. The van der Waals surface area contributed by atoms with Crippen LogP contribution in [0.25, 0.3) is 0 Å². The van der Waals surface area contributed by atoms with Gasteiger partial charge in [-0.3, -0.25) is 9.59 Å². The van der Waals surface area contributed by atoms with E-state index in [0.29, 0.717) is 24.3 Å². The number of rotatable bonds is 7. The molecule has 0 saturated carbocycles. The summed E-state index contributed by atoms with van der Waals surface area (Å²) in [6, 6.07) is 15.4. The van der Waals surface area contributed by atoms with Crippen molar-refractivity contribution in [3.05, 3.63) is 60.2 Å². The van der Waals surface area contributed by atoms with Crippen LogP contribution < -0.4 is 16.4 Å². The predicted octanol–water partition coefficient (Wildman–Crippen LogP) is 3.06. The van der Waals surface area contributed by atoms with Gasteiger partial charge in [-0.2, -0.15) is 0 Å². The average molecular weight is 413 g/mol. The molecule has 4 N–H and O–H groups in total. The van der Waals surface area contributed by atoms with Crippen LogP contribution in [0.15, 0.2) is 54.6 Å². The lowest BCUT2D eigenvalue weighted by molar-refractivity contribution is -0.117. The highest BCUT2D eigenvalue weighted by molar-refractivity contribution is 5.96. The summed E-state index contributed by atoms with van der Waals surface area (Å²) in [5.41, 5.74) is 8.04. The molecule has 0 bridgehead atoms. The fraction of sp³-hybridized carbons (Fsp3) is 0.263. The fourth-order valence-corrected chi connectivity index (χ4v) is 2.22. The zero-order chi connectivity index (χ0) is 18.2. The van der Waals surface area contributed by atoms with Gasteiger partial charge < -0.3 is 21.3 Å². The number of anilines is 2. The minimum absolute atomic E-state index is 0. The Balaban J connectivity index is 0.00000338. The van der Waals surface area contributed by atoms with Gasteiger partial charge >= 0.3 is 0 Å². The Kier molecular flexibility index (Phi) is 11.3. The summed E-state index contributed by atoms with van der Waals surface area (Å²) in [7, 11) is 3.84. The van der Waals surface area contributed by atoms with Crippen molar-refractivity contribution in [1.82, 2.24) is 4.90 Å². The van der Waals surface area contributed by atoms with E-state index in [4.69, 9.17) is 5.73 Å². The molecule has 2 rings (SSSR count). The van der Waals surface area contributed by atoms with Crippen LogP contribution in [0.4, 0.5) is 11.4 Å². The number of hydrogen-bond acceptors (Lipinski definition) is 4. The molecule has 1 unspecified atom stereocenters. The first-order valence-electron chi connectivity index (χ1n) is 8.12. The number of halogens is 2. The molecule has 2 aromatic carbocycles. The van der Waals surface area contributed by atoms with Gasteiger partial charge in [0.1, 0.15) is 6.04 Å². The SMILES string of the molecule is CN(C)CCC(=O)Nc1ccc(NC(=O)C(N)c2ccccc2)cc1.Cl.Cl. The third-order valence-electron chi connectivity index (χ3n) is 3.66. The molecule has 0 heterocycles. The number of nitrogens with zero attached hydrogens (tertiary/aromatic N) is 1. The molecule has 0 aliphatic rings. The van der Waals surface area contributed by atoms with Crippen LogP contribution in [0.5, 0.6) is 0 Å². The van der Waals surface area contributed by atoms with Crippen LogP contribution in [0.3, 0.4) is 0 Å². The second kappa shape index (κ2) is 12.3. The third-order valence-corrected chi connectivity index (χ3v) is 3.66. The van der Waals surface area contributed by atoms with E-state index in [1.54, 1.807) is 24.3 Å². The van der Waals surface area contributed by atoms with Gasteiger partial charge in [-0.05, 0) is 43.9 Å². The molecule has 8 heteroatoms. The first kappa shape index (κ1) is 24.9. The zero-order valence-electron chi connectivity index (χ0n) is 15.3. The van der Waals surface area contributed by atoms with Crippen molar-refractivity contribution in [3.63, 3.8) is 0 Å². The van der Waals surface area contributed by atoms with Crippen molar-refractivity contribution in [2.45, 2.75) is 12.5 Å². The molecule has 148 valence electrons. The molecule has 27 heavy (non-hydrogen) atoms. The van der Waals surface area contributed by atoms with Crippen LogP contribution in [0, 0.1) is 0 Å². The number of hydrogen-bond donors (Lipinski definition) is 3. The van der Waals surface area contributed by atoms with E-state index in [1.807, 2.05) is 49.3 Å². The third kappa shape index (κ3) is 8.41. The van der Waals surface area contributed by atoms with Gasteiger partial charge in [0.15, 0.2) is 0 Å². The lowest BCUT2D eigenvalue weighted by atomic mass is 10.1. The monoisotopic (exact) mass is 412 g/mol. The second-order valence-electron chi connectivity index (χ2n) is 6.06. The smallest absolute Gasteiger partial charge is 0.245 e. The Morgan fingerprint density at radius 1 is 0.926 bits per heavy atom. The lowest BCUT2D eigenvalue weighted by Crippen LogP contribution is -2.27. The lowest BCUT2D eigenvalue weighted by Gasteiger charge is -2.13. The van der Waals surface area contributed by atoms with Crippen molar-refractivity contribution in [1.29, 1.82) is 0 Å². The minimum Gasteiger partial charge on any atom is -0.326 e. The molecular formula is C19H26Cl2N4O2. The van der Waals surface area contributed by atoms with E-state index in [2.05, 4.69) is 10.6 Å². The second-order valence-corrected chi connectivity index (χ2v) is 6.06. The van der Waals surface area contributed by atoms with Crippen molar-refractivity contribution < 1.29 is 9.59 Å². The summed E-state index contributed by atoms with van der Waals surface area (Å²) >= 11 is 0. The molecule has 0 spiro atoms. The highest BCUT2D eigenvalue weighted by Gasteiger charge is 2.15. The maximum absolute atomic E-state index is 12.2. The van der Waals surface area contributed by atoms with E-state index in [9.17, 15) is 9.59 Å². The van der Waals surface area contributed by atoms with Gasteiger partial charge in [0.2, 0.25) is 11.8 Å². The van der Waals surface area contributed by atoms with Gasteiger partial charge in [-0.15, -0.1) is 24.8 Å². The summed E-state index contributed by atoms with van der Waals surface area (Å²) in [6.07, 6.45) is 0.428. The standard InChI is InChI=1S/C19H24N4O2.2ClH/c1-23(2)13-12-17(24)21-15-8-10-16(11-9-15)22-19(25)18(20)14-6-4-3-5-7-14;;/h3-11,18H,12-13,20H2,1-2H3,(H,21,24)(H,22,25);2*1H. The molecular weight excluding hydrogens is 387 g/mol. The highest BCUT2D eigenvalue weighted by atomic mass is 35.5. The van der Waals surface area contributed by atoms with Gasteiger partial charge in [0.25, 0.3) is 0 Å². The van der Waals surface area contributed by atoms with Gasteiger partial charge in [-0.25, -0.2) is 0 Å². The Hall–Kier alpha value is -2.12. The minimum atomic E-state index is -0.730. The quantitative estimate of drug-likeness (QED) is 0.651. The number of carbonyl (C=O) groups excluding carboxylic acids is 2. The molecule has 0 aliphatic carbocycles. The van der Waals surface area contributed by atoms with E-state index >= 15 is 0 Å². The number of carbonyl (C=O) groups is 2. The molecule has 0 aliphatic heterocycles. The number of amides is 2. The summed E-state index contributed by atoms with van der Waals surface area (Å²) in [4.78, 5) is 26.0. The number of nitrogens with two attached hydrogens (primary N) is 1. The predicted molar refractivity (Wildman–Crippen MR) is 115 cm³/mol. The molecule has 1 atom stereocenters. The van der Waals surface area contributed by atoms with Crippen molar-refractivity contribution in [2.75, 3.05) is 31.3 Å². The Bertz CT molecular complexity index is 709.